The van der Waals surface area contributed by atoms with Crippen LogP contribution in [0.25, 0.3) is 0 Å². The Morgan fingerprint density at radius 3 is 1.84 bits per heavy atom. The molecule has 0 bridgehead atoms. The lowest BCUT2D eigenvalue weighted by atomic mass is 10.1. The number of nitrogens with one attached hydrogen (secondary N) is 1. The predicted molar refractivity (Wildman–Crippen MR) is 144 cm³/mol. The molecule has 0 heterocycles. The maximum atomic E-state index is 12.1. The van der Waals surface area contributed by atoms with E-state index < -0.39 is 35.6 Å². The summed E-state index contributed by atoms with van der Waals surface area (Å²) in [7, 11) is 0. The summed E-state index contributed by atoms with van der Waals surface area (Å²) in [6, 6.07) is 5.65. The van der Waals surface area contributed by atoms with E-state index in [0.29, 0.717) is 24.3 Å². The van der Waals surface area contributed by atoms with Gasteiger partial charge < -0.3 is 24.6 Å². The minimum Gasteiger partial charge on any atom is -0.494 e. The standard InChI is InChI=1S/C29H45NO8/c1-28(2,3)37-25(32)20-23(26(33)34)30-24(31)14-12-10-8-7-9-11-13-19-36-22-17-15-21(16-18-22)27(35)38-29(4,5)6/h15-18,23H,7-14,19-20H2,1-6H3,(H,30,31)(H,33,34)/t23-/m0/s1. The number of carboxylic acid groups (broad SMARTS) is 1. The molecule has 1 rings (SSSR count). The van der Waals surface area contributed by atoms with E-state index in [1.165, 1.54) is 0 Å². The molecule has 0 radical (unpaired) electrons. The van der Waals surface area contributed by atoms with Crippen LogP contribution in [0.3, 0.4) is 0 Å². The van der Waals surface area contributed by atoms with Crippen molar-refractivity contribution >= 4 is 23.8 Å². The van der Waals surface area contributed by atoms with Gasteiger partial charge in [-0.3, -0.25) is 9.59 Å². The van der Waals surface area contributed by atoms with Gasteiger partial charge in [-0.25, -0.2) is 9.59 Å². The molecule has 9 heteroatoms. The van der Waals surface area contributed by atoms with Crippen LogP contribution < -0.4 is 10.1 Å². The van der Waals surface area contributed by atoms with Crippen LogP contribution in [0.1, 0.15) is 110 Å². The first-order valence-electron chi connectivity index (χ1n) is 13.4. The molecule has 9 nitrogen and oxygen atoms in total. The average Bonchev–Trinajstić information content (AvgIpc) is 2.77. The molecule has 0 spiro atoms. The quantitative estimate of drug-likeness (QED) is 0.211. The van der Waals surface area contributed by atoms with Crippen molar-refractivity contribution in [3.63, 3.8) is 0 Å². The predicted octanol–water partition coefficient (Wildman–Crippen LogP) is 5.44. The number of esters is 2. The molecule has 0 aliphatic rings. The second-order valence-electron chi connectivity index (χ2n) is 11.3. The molecule has 38 heavy (non-hydrogen) atoms. The summed E-state index contributed by atoms with van der Waals surface area (Å²) >= 11 is 0. The van der Waals surface area contributed by atoms with Crippen molar-refractivity contribution in [2.75, 3.05) is 6.61 Å². The zero-order chi connectivity index (χ0) is 28.8. The van der Waals surface area contributed by atoms with Crippen molar-refractivity contribution in [2.45, 2.75) is 117 Å². The van der Waals surface area contributed by atoms with Gasteiger partial charge in [-0.15, -0.1) is 0 Å². The Balaban J connectivity index is 2.13. The highest BCUT2D eigenvalue weighted by molar-refractivity contribution is 5.89. The fourth-order valence-corrected chi connectivity index (χ4v) is 3.50. The highest BCUT2D eigenvalue weighted by Crippen LogP contribution is 2.17. The highest BCUT2D eigenvalue weighted by Gasteiger charge is 2.26. The van der Waals surface area contributed by atoms with Gasteiger partial charge >= 0.3 is 17.9 Å². The molecular formula is C29H45NO8. The Morgan fingerprint density at radius 2 is 1.32 bits per heavy atom. The second kappa shape index (κ2) is 16.0. The third kappa shape index (κ3) is 15.9. The van der Waals surface area contributed by atoms with Gasteiger partial charge in [0, 0.05) is 6.42 Å². The molecule has 0 saturated carbocycles. The van der Waals surface area contributed by atoms with E-state index in [-0.39, 0.29) is 18.3 Å². The van der Waals surface area contributed by atoms with E-state index in [1.807, 2.05) is 20.8 Å². The summed E-state index contributed by atoms with van der Waals surface area (Å²) in [5.74, 6) is -1.94. The van der Waals surface area contributed by atoms with Crippen LogP contribution in [-0.4, -0.2) is 52.8 Å². The molecule has 0 saturated heterocycles. The Hall–Kier alpha value is -3.10. The second-order valence-corrected chi connectivity index (χ2v) is 11.3. The molecule has 1 aromatic carbocycles. The van der Waals surface area contributed by atoms with Gasteiger partial charge in [0.1, 0.15) is 23.0 Å². The first-order chi connectivity index (χ1) is 17.7. The number of carboxylic acids is 1. The first-order valence-corrected chi connectivity index (χ1v) is 13.4. The van der Waals surface area contributed by atoms with Gasteiger partial charge in [-0.05, 0) is 78.6 Å². The third-order valence-electron chi connectivity index (χ3n) is 5.23. The fraction of sp³-hybridized carbons (Fsp3) is 0.655. The number of benzene rings is 1. The number of carbonyl (C=O) groups is 4. The summed E-state index contributed by atoms with van der Waals surface area (Å²) in [6.07, 6.45) is 6.39. The fourth-order valence-electron chi connectivity index (χ4n) is 3.50. The largest absolute Gasteiger partial charge is 0.494 e. The van der Waals surface area contributed by atoms with Crippen LogP contribution in [0.4, 0.5) is 0 Å². The Labute approximate surface area is 226 Å². The number of aliphatic carboxylic acids is 1. The summed E-state index contributed by atoms with van der Waals surface area (Å²) < 4.78 is 16.2. The number of rotatable bonds is 16. The number of unbranched alkanes of at least 4 members (excludes halogenated alkanes) is 6. The molecule has 0 aliphatic carbocycles. The van der Waals surface area contributed by atoms with Crippen LogP contribution >= 0.6 is 0 Å². The topological polar surface area (TPSA) is 128 Å². The Morgan fingerprint density at radius 1 is 0.789 bits per heavy atom. The van der Waals surface area contributed by atoms with E-state index >= 15 is 0 Å². The van der Waals surface area contributed by atoms with Crippen molar-refractivity contribution in [3.05, 3.63) is 29.8 Å². The van der Waals surface area contributed by atoms with E-state index in [4.69, 9.17) is 14.2 Å². The molecule has 0 fully saturated rings. The number of ether oxygens (including phenoxy) is 3. The zero-order valence-electron chi connectivity index (χ0n) is 23.8. The van der Waals surface area contributed by atoms with Crippen molar-refractivity contribution in [2.24, 2.45) is 0 Å². The first kappa shape index (κ1) is 32.9. The van der Waals surface area contributed by atoms with E-state index in [9.17, 15) is 24.3 Å². The van der Waals surface area contributed by atoms with Crippen LogP contribution in [0.5, 0.6) is 5.75 Å². The number of hydrogen-bond donors (Lipinski definition) is 2. The minimum atomic E-state index is -1.29. The van der Waals surface area contributed by atoms with Crippen LogP contribution in [0, 0.1) is 0 Å². The molecule has 1 atom stereocenters. The van der Waals surface area contributed by atoms with Crippen molar-refractivity contribution in [1.29, 1.82) is 0 Å². The molecule has 1 amide bonds. The van der Waals surface area contributed by atoms with Crippen LogP contribution in [-0.2, 0) is 23.9 Å². The molecule has 1 aromatic rings. The lowest BCUT2D eigenvalue weighted by Gasteiger charge is -2.21. The lowest BCUT2D eigenvalue weighted by molar-refractivity contribution is -0.158. The summed E-state index contributed by atoms with van der Waals surface area (Å²) in [6.45, 7) is 11.2. The average molecular weight is 536 g/mol. The monoisotopic (exact) mass is 535 g/mol. The Kier molecular flexibility index (Phi) is 13.9. The SMILES string of the molecule is CC(C)(C)OC(=O)C[C@H](NC(=O)CCCCCCCCCOc1ccc(C(=O)OC(C)(C)C)cc1)C(=O)O. The molecule has 2 N–H and O–H groups in total. The molecular weight excluding hydrogens is 490 g/mol. The number of hydrogen-bond acceptors (Lipinski definition) is 7. The smallest absolute Gasteiger partial charge is 0.338 e. The van der Waals surface area contributed by atoms with Crippen molar-refractivity contribution < 1.29 is 38.5 Å². The van der Waals surface area contributed by atoms with Gasteiger partial charge in [0.2, 0.25) is 5.91 Å². The van der Waals surface area contributed by atoms with Gasteiger partial charge in [-0.1, -0.05) is 32.1 Å². The molecule has 214 valence electrons. The van der Waals surface area contributed by atoms with Crippen molar-refractivity contribution in [1.82, 2.24) is 5.32 Å². The van der Waals surface area contributed by atoms with Crippen molar-refractivity contribution in [3.8, 4) is 5.75 Å². The van der Waals surface area contributed by atoms with Gasteiger partial charge in [0.25, 0.3) is 0 Å². The Bertz CT molecular complexity index is 897. The van der Waals surface area contributed by atoms with Crippen LogP contribution in [0.15, 0.2) is 24.3 Å². The number of amides is 1. The summed E-state index contributed by atoms with van der Waals surface area (Å²) in [4.78, 5) is 47.4. The van der Waals surface area contributed by atoms with Gasteiger partial charge in [-0.2, -0.15) is 0 Å². The summed E-state index contributed by atoms with van der Waals surface area (Å²) in [5.41, 5.74) is -0.752. The third-order valence-corrected chi connectivity index (χ3v) is 5.23. The highest BCUT2D eigenvalue weighted by atomic mass is 16.6. The molecule has 0 unspecified atom stereocenters. The van der Waals surface area contributed by atoms with E-state index in [1.54, 1.807) is 45.0 Å². The molecule has 0 aliphatic heterocycles. The van der Waals surface area contributed by atoms with E-state index in [2.05, 4.69) is 5.32 Å². The lowest BCUT2D eigenvalue weighted by Crippen LogP contribution is -2.43. The zero-order valence-corrected chi connectivity index (χ0v) is 23.8. The molecule has 0 aromatic heterocycles. The van der Waals surface area contributed by atoms with Crippen LogP contribution in [0.2, 0.25) is 0 Å². The summed E-state index contributed by atoms with van der Waals surface area (Å²) in [5, 5.41) is 11.7. The van der Waals surface area contributed by atoms with E-state index in [0.717, 1.165) is 38.5 Å². The number of carbonyl (C=O) groups excluding carboxylic acids is 3. The normalized spacial score (nSPS) is 12.4. The van der Waals surface area contributed by atoms with Gasteiger partial charge in [0.15, 0.2) is 0 Å². The van der Waals surface area contributed by atoms with Gasteiger partial charge in [0.05, 0.1) is 18.6 Å². The minimum absolute atomic E-state index is 0.221. The maximum Gasteiger partial charge on any atom is 0.338 e. The maximum absolute atomic E-state index is 12.1.